The summed E-state index contributed by atoms with van der Waals surface area (Å²) in [6, 6.07) is 0. The predicted molar refractivity (Wildman–Crippen MR) is 81.2 cm³/mol. The molecule has 1 rings (SSSR count). The van der Waals surface area contributed by atoms with E-state index in [9.17, 15) is 14.7 Å². The van der Waals surface area contributed by atoms with Gasteiger partial charge in [0.1, 0.15) is 11.1 Å². The van der Waals surface area contributed by atoms with Crippen LogP contribution in [-0.4, -0.2) is 39.8 Å². The fraction of sp³-hybridized carbons (Fsp3) is 0.875. The number of carboxylic acid groups (broad SMARTS) is 1. The monoisotopic (exact) mass is 299 g/mol. The van der Waals surface area contributed by atoms with Gasteiger partial charge in [-0.1, -0.05) is 20.8 Å². The third kappa shape index (κ3) is 4.61. The minimum atomic E-state index is -1.12. The molecule has 1 heterocycles. The third-order valence-electron chi connectivity index (χ3n) is 3.79. The molecule has 0 aliphatic carbocycles. The van der Waals surface area contributed by atoms with E-state index in [0.29, 0.717) is 25.8 Å². The zero-order chi connectivity index (χ0) is 16.5. The third-order valence-corrected chi connectivity index (χ3v) is 3.79. The lowest BCUT2D eigenvalue weighted by atomic mass is 9.82. The van der Waals surface area contributed by atoms with Crippen LogP contribution in [0.3, 0.4) is 0 Å². The van der Waals surface area contributed by atoms with Crippen molar-refractivity contribution in [3.63, 3.8) is 0 Å². The molecule has 122 valence electrons. The summed E-state index contributed by atoms with van der Waals surface area (Å²) >= 11 is 0. The summed E-state index contributed by atoms with van der Waals surface area (Å²) in [7, 11) is 0. The second-order valence-corrected chi connectivity index (χ2v) is 8.13. The van der Waals surface area contributed by atoms with Crippen molar-refractivity contribution in [3.05, 3.63) is 0 Å². The Bertz CT molecular complexity index is 405. The smallest absolute Gasteiger partial charge is 0.411 e. The first-order valence-corrected chi connectivity index (χ1v) is 7.61. The van der Waals surface area contributed by atoms with Crippen LogP contribution in [0.5, 0.6) is 0 Å². The summed E-state index contributed by atoms with van der Waals surface area (Å²) in [6.45, 7) is 12.1. The first-order valence-electron chi connectivity index (χ1n) is 7.61. The second-order valence-electron chi connectivity index (χ2n) is 8.13. The summed E-state index contributed by atoms with van der Waals surface area (Å²) < 4.78 is 5.38. The fourth-order valence-electron chi connectivity index (χ4n) is 2.63. The molecule has 1 saturated heterocycles. The van der Waals surface area contributed by atoms with Gasteiger partial charge in [0, 0.05) is 6.54 Å². The van der Waals surface area contributed by atoms with Gasteiger partial charge in [-0.25, -0.2) is 9.59 Å². The molecule has 0 radical (unpaired) electrons. The van der Waals surface area contributed by atoms with Crippen LogP contribution in [0.25, 0.3) is 0 Å². The summed E-state index contributed by atoms with van der Waals surface area (Å²) in [5.74, 6) is -0.921. The number of carbonyl (C=O) groups excluding carboxylic acids is 1. The van der Waals surface area contributed by atoms with Gasteiger partial charge < -0.3 is 9.84 Å². The van der Waals surface area contributed by atoms with Gasteiger partial charge in [0.05, 0.1) is 0 Å². The minimum absolute atomic E-state index is 0.0324. The molecule has 1 fully saturated rings. The quantitative estimate of drug-likeness (QED) is 0.863. The zero-order valence-electron chi connectivity index (χ0n) is 14.2. The van der Waals surface area contributed by atoms with Crippen LogP contribution in [-0.2, 0) is 9.53 Å². The topological polar surface area (TPSA) is 66.8 Å². The number of nitrogens with zero attached hydrogens (tertiary/aromatic N) is 1. The summed E-state index contributed by atoms with van der Waals surface area (Å²) in [5.41, 5.74) is -1.70. The van der Waals surface area contributed by atoms with Crippen molar-refractivity contribution in [1.29, 1.82) is 0 Å². The Morgan fingerprint density at radius 1 is 1.19 bits per heavy atom. The van der Waals surface area contributed by atoms with E-state index < -0.39 is 23.2 Å². The number of hydrogen-bond donors (Lipinski definition) is 1. The van der Waals surface area contributed by atoms with Crippen LogP contribution in [0.2, 0.25) is 0 Å². The van der Waals surface area contributed by atoms with Gasteiger partial charge in [0.25, 0.3) is 0 Å². The van der Waals surface area contributed by atoms with E-state index in [1.807, 2.05) is 0 Å². The standard InChI is InChI=1S/C16H29NO4/c1-14(2,3)9-10-16(12(18)19)8-7-11-17(16)13(20)21-15(4,5)6/h7-11H2,1-6H3,(H,18,19)/t16-/m1/s1. The molecule has 0 unspecified atom stereocenters. The summed E-state index contributed by atoms with van der Waals surface area (Å²) in [6.07, 6.45) is 1.90. The van der Waals surface area contributed by atoms with Gasteiger partial charge in [-0.3, -0.25) is 4.90 Å². The van der Waals surface area contributed by atoms with E-state index in [2.05, 4.69) is 20.8 Å². The van der Waals surface area contributed by atoms with Gasteiger partial charge in [-0.05, 0) is 51.9 Å². The van der Waals surface area contributed by atoms with Crippen molar-refractivity contribution in [1.82, 2.24) is 4.90 Å². The van der Waals surface area contributed by atoms with E-state index in [-0.39, 0.29) is 5.41 Å². The number of rotatable bonds is 3. The Balaban J connectivity index is 2.95. The van der Waals surface area contributed by atoms with Gasteiger partial charge in [-0.15, -0.1) is 0 Å². The highest BCUT2D eigenvalue weighted by molar-refractivity contribution is 5.85. The molecular formula is C16H29NO4. The lowest BCUT2D eigenvalue weighted by Gasteiger charge is -2.37. The molecule has 5 nitrogen and oxygen atoms in total. The lowest BCUT2D eigenvalue weighted by molar-refractivity contribution is -0.150. The van der Waals surface area contributed by atoms with E-state index >= 15 is 0 Å². The number of aliphatic carboxylic acids is 1. The Morgan fingerprint density at radius 3 is 2.19 bits per heavy atom. The molecule has 0 bridgehead atoms. The number of carbonyl (C=O) groups is 2. The molecular weight excluding hydrogens is 270 g/mol. The molecule has 1 aliphatic heterocycles. The maximum Gasteiger partial charge on any atom is 0.411 e. The van der Waals surface area contributed by atoms with E-state index in [1.54, 1.807) is 20.8 Å². The molecule has 0 spiro atoms. The maximum absolute atomic E-state index is 12.3. The minimum Gasteiger partial charge on any atom is -0.479 e. The van der Waals surface area contributed by atoms with Gasteiger partial charge in [0.2, 0.25) is 0 Å². The van der Waals surface area contributed by atoms with Crippen molar-refractivity contribution in [2.45, 2.75) is 78.4 Å². The predicted octanol–water partition coefficient (Wildman–Crippen LogP) is 3.67. The van der Waals surface area contributed by atoms with E-state index in [0.717, 1.165) is 6.42 Å². The van der Waals surface area contributed by atoms with Gasteiger partial charge >= 0.3 is 12.1 Å². The van der Waals surface area contributed by atoms with Crippen LogP contribution < -0.4 is 0 Å². The first kappa shape index (κ1) is 17.8. The number of ether oxygens (including phenoxy) is 1. The number of carboxylic acids is 1. The second kappa shape index (κ2) is 5.85. The highest BCUT2D eigenvalue weighted by Gasteiger charge is 2.51. The fourth-order valence-corrected chi connectivity index (χ4v) is 2.63. The molecule has 1 N–H and O–H groups in total. The number of amides is 1. The van der Waals surface area contributed by atoms with Crippen LogP contribution in [0.15, 0.2) is 0 Å². The van der Waals surface area contributed by atoms with Crippen molar-refractivity contribution in [3.8, 4) is 0 Å². The van der Waals surface area contributed by atoms with Crippen molar-refractivity contribution in [2.75, 3.05) is 6.54 Å². The van der Waals surface area contributed by atoms with Gasteiger partial charge in [0.15, 0.2) is 0 Å². The maximum atomic E-state index is 12.3. The van der Waals surface area contributed by atoms with Crippen molar-refractivity contribution >= 4 is 12.1 Å². The van der Waals surface area contributed by atoms with Gasteiger partial charge in [-0.2, -0.15) is 0 Å². The van der Waals surface area contributed by atoms with Crippen LogP contribution in [0.1, 0.15) is 67.2 Å². The molecule has 0 saturated carbocycles. The molecule has 0 aromatic heterocycles. The molecule has 1 aliphatic rings. The van der Waals surface area contributed by atoms with Crippen LogP contribution in [0.4, 0.5) is 4.79 Å². The number of hydrogen-bond acceptors (Lipinski definition) is 3. The molecule has 0 aromatic rings. The Labute approximate surface area is 127 Å². The van der Waals surface area contributed by atoms with Crippen molar-refractivity contribution in [2.24, 2.45) is 5.41 Å². The highest BCUT2D eigenvalue weighted by Crippen LogP contribution is 2.38. The Morgan fingerprint density at radius 2 is 1.76 bits per heavy atom. The lowest BCUT2D eigenvalue weighted by Crippen LogP contribution is -2.54. The Kier molecular flexibility index (Phi) is 4.96. The molecule has 0 aromatic carbocycles. The van der Waals surface area contributed by atoms with Crippen LogP contribution >= 0.6 is 0 Å². The van der Waals surface area contributed by atoms with E-state index in [1.165, 1.54) is 4.90 Å². The van der Waals surface area contributed by atoms with Crippen molar-refractivity contribution < 1.29 is 19.4 Å². The zero-order valence-corrected chi connectivity index (χ0v) is 14.2. The molecule has 1 atom stereocenters. The SMILES string of the molecule is CC(C)(C)CC[C@@]1(C(=O)O)CCCN1C(=O)OC(C)(C)C. The normalized spacial score (nSPS) is 23.2. The number of likely N-dealkylation sites (tertiary alicyclic amines) is 1. The first-order chi connectivity index (χ1) is 9.37. The molecule has 5 heteroatoms. The average Bonchev–Trinajstić information content (AvgIpc) is 2.67. The largest absolute Gasteiger partial charge is 0.479 e. The molecule has 21 heavy (non-hydrogen) atoms. The average molecular weight is 299 g/mol. The highest BCUT2D eigenvalue weighted by atomic mass is 16.6. The van der Waals surface area contributed by atoms with E-state index in [4.69, 9.17) is 4.74 Å². The molecule has 1 amide bonds. The summed E-state index contributed by atoms with van der Waals surface area (Å²) in [4.78, 5) is 25.6. The van der Waals surface area contributed by atoms with Crippen LogP contribution in [0, 0.1) is 5.41 Å². The Hall–Kier alpha value is -1.26. The summed E-state index contributed by atoms with van der Waals surface area (Å²) in [5, 5.41) is 9.73.